The van der Waals surface area contributed by atoms with E-state index in [1.165, 1.54) is 11.3 Å². The third kappa shape index (κ3) is 4.28. The molecule has 2 aliphatic heterocycles. The Labute approximate surface area is 178 Å². The molecule has 0 aliphatic carbocycles. The van der Waals surface area contributed by atoms with Gasteiger partial charge in [-0.3, -0.25) is 4.79 Å². The van der Waals surface area contributed by atoms with Gasteiger partial charge in [-0.25, -0.2) is 29.0 Å². The lowest BCUT2D eigenvalue weighted by Gasteiger charge is -2.28. The zero-order valence-corrected chi connectivity index (χ0v) is 18.0. The van der Waals surface area contributed by atoms with E-state index in [9.17, 15) is 14.0 Å². The maximum Gasteiger partial charge on any atom is 0.417 e. The Kier molecular flexibility index (Phi) is 5.44. The number of imide groups is 1. The number of nitrogens with zero attached hydrogens (tertiary/aromatic N) is 5. The van der Waals surface area contributed by atoms with E-state index >= 15 is 0 Å². The minimum absolute atomic E-state index is 0.240. The SMILES string of the molecule is CC(C)(C)OC(=O)N1CCc2nc(-c3cnc(N4CCC(F)CC4)nc3)sc2C1=O. The van der Waals surface area contributed by atoms with E-state index in [0.29, 0.717) is 59.4 Å². The van der Waals surface area contributed by atoms with Gasteiger partial charge >= 0.3 is 6.09 Å². The summed E-state index contributed by atoms with van der Waals surface area (Å²) < 4.78 is 18.7. The molecule has 0 bridgehead atoms. The molecule has 0 saturated carbocycles. The highest BCUT2D eigenvalue weighted by Crippen LogP contribution is 2.32. The minimum atomic E-state index is -0.750. The Morgan fingerprint density at radius 3 is 2.50 bits per heavy atom. The van der Waals surface area contributed by atoms with Crippen LogP contribution in [0.15, 0.2) is 12.4 Å². The van der Waals surface area contributed by atoms with Gasteiger partial charge in [0.05, 0.1) is 5.69 Å². The maximum absolute atomic E-state index is 13.3. The van der Waals surface area contributed by atoms with Gasteiger partial charge in [0.15, 0.2) is 0 Å². The summed E-state index contributed by atoms with van der Waals surface area (Å²) in [5.74, 6) is 0.181. The highest BCUT2D eigenvalue weighted by Gasteiger charge is 2.35. The summed E-state index contributed by atoms with van der Waals surface area (Å²) in [6.07, 6.45) is 3.40. The van der Waals surface area contributed by atoms with Crippen molar-refractivity contribution >= 4 is 29.3 Å². The molecule has 0 N–H and O–H groups in total. The van der Waals surface area contributed by atoms with E-state index in [-0.39, 0.29) is 12.5 Å². The second-order valence-corrected chi connectivity index (χ2v) is 9.41. The summed E-state index contributed by atoms with van der Waals surface area (Å²) >= 11 is 1.22. The van der Waals surface area contributed by atoms with Crippen molar-refractivity contribution in [1.82, 2.24) is 19.9 Å². The van der Waals surface area contributed by atoms with Gasteiger partial charge in [0.2, 0.25) is 5.95 Å². The van der Waals surface area contributed by atoms with Crippen molar-refractivity contribution < 1.29 is 18.7 Å². The third-order valence-corrected chi connectivity index (χ3v) is 6.05. The van der Waals surface area contributed by atoms with Crippen molar-refractivity contribution in [3.63, 3.8) is 0 Å². The van der Waals surface area contributed by atoms with Crippen LogP contribution in [0.2, 0.25) is 0 Å². The Hall–Kier alpha value is -2.62. The predicted molar refractivity (Wildman–Crippen MR) is 110 cm³/mol. The van der Waals surface area contributed by atoms with E-state index in [4.69, 9.17) is 4.74 Å². The molecule has 4 heterocycles. The number of amides is 2. The van der Waals surface area contributed by atoms with Gasteiger partial charge in [-0.2, -0.15) is 0 Å². The number of carbonyl (C=O) groups is 2. The molecular weight excluding hydrogens is 409 g/mol. The lowest BCUT2D eigenvalue weighted by molar-refractivity contribution is 0.0235. The number of fused-ring (bicyclic) bond motifs is 1. The molecule has 30 heavy (non-hydrogen) atoms. The van der Waals surface area contributed by atoms with Crippen LogP contribution in [0.25, 0.3) is 10.6 Å². The molecule has 8 nitrogen and oxygen atoms in total. The van der Waals surface area contributed by atoms with Crippen molar-refractivity contribution in [2.45, 2.75) is 51.8 Å². The quantitative estimate of drug-likeness (QED) is 0.716. The number of hydrogen-bond acceptors (Lipinski definition) is 8. The Morgan fingerprint density at radius 2 is 1.87 bits per heavy atom. The summed E-state index contributed by atoms with van der Waals surface area (Å²) in [5.41, 5.74) is 0.707. The van der Waals surface area contributed by atoms with Crippen molar-refractivity contribution in [1.29, 1.82) is 0 Å². The summed E-state index contributed by atoms with van der Waals surface area (Å²) in [5, 5.41) is 0.633. The van der Waals surface area contributed by atoms with Crippen molar-refractivity contribution in [2.24, 2.45) is 0 Å². The van der Waals surface area contributed by atoms with Crippen LogP contribution < -0.4 is 4.90 Å². The molecule has 10 heteroatoms. The second kappa shape index (κ2) is 7.90. The zero-order chi connectivity index (χ0) is 21.5. The number of halogens is 1. The van der Waals surface area contributed by atoms with Crippen molar-refractivity contribution in [3.05, 3.63) is 23.0 Å². The molecular formula is C20H24FN5O3S. The average Bonchev–Trinajstić information content (AvgIpc) is 3.13. The van der Waals surface area contributed by atoms with Gasteiger partial charge in [0.1, 0.15) is 21.7 Å². The fraction of sp³-hybridized carbons (Fsp3) is 0.550. The highest BCUT2D eigenvalue weighted by molar-refractivity contribution is 7.17. The largest absolute Gasteiger partial charge is 0.443 e. The van der Waals surface area contributed by atoms with Crippen LogP contribution in [0.3, 0.4) is 0 Å². The van der Waals surface area contributed by atoms with E-state index in [1.807, 2.05) is 4.90 Å². The molecule has 0 spiro atoms. The van der Waals surface area contributed by atoms with Gasteiger partial charge in [0, 0.05) is 44.0 Å². The molecule has 1 saturated heterocycles. The molecule has 2 amide bonds. The lowest BCUT2D eigenvalue weighted by Crippen LogP contribution is -2.44. The first-order valence-electron chi connectivity index (χ1n) is 9.97. The first-order valence-corrected chi connectivity index (χ1v) is 10.8. The Bertz CT molecular complexity index is 948. The smallest absolute Gasteiger partial charge is 0.417 e. The first kappa shape index (κ1) is 20.6. The fourth-order valence-electron chi connectivity index (χ4n) is 3.39. The molecule has 0 unspecified atom stereocenters. The number of rotatable bonds is 2. The zero-order valence-electron chi connectivity index (χ0n) is 17.2. The van der Waals surface area contributed by atoms with E-state index < -0.39 is 17.9 Å². The molecule has 0 atom stereocenters. The number of ether oxygens (including phenoxy) is 1. The first-order chi connectivity index (χ1) is 14.2. The number of aromatic nitrogens is 3. The van der Waals surface area contributed by atoms with Crippen LogP contribution >= 0.6 is 11.3 Å². The van der Waals surface area contributed by atoms with Crippen LogP contribution in [0.1, 0.15) is 49.0 Å². The summed E-state index contributed by atoms with van der Waals surface area (Å²) in [6.45, 7) is 6.73. The number of hydrogen-bond donors (Lipinski definition) is 0. The maximum atomic E-state index is 13.3. The summed E-state index contributed by atoms with van der Waals surface area (Å²) in [7, 11) is 0. The fourth-order valence-corrected chi connectivity index (χ4v) is 4.42. The molecule has 2 aromatic heterocycles. The normalized spacial score (nSPS) is 17.8. The summed E-state index contributed by atoms with van der Waals surface area (Å²) in [6, 6.07) is 0. The molecule has 0 aromatic carbocycles. The highest BCUT2D eigenvalue weighted by atomic mass is 32.1. The van der Waals surface area contributed by atoms with Gasteiger partial charge < -0.3 is 9.64 Å². The minimum Gasteiger partial charge on any atom is -0.443 e. The van der Waals surface area contributed by atoms with Crippen molar-refractivity contribution in [3.8, 4) is 10.6 Å². The Balaban J connectivity index is 1.50. The van der Waals surface area contributed by atoms with Crippen LogP contribution in [-0.4, -0.2) is 63.3 Å². The second-order valence-electron chi connectivity index (χ2n) is 8.42. The van der Waals surface area contributed by atoms with Gasteiger partial charge in [-0.05, 0) is 33.6 Å². The average molecular weight is 434 g/mol. The van der Waals surface area contributed by atoms with Crippen molar-refractivity contribution in [2.75, 3.05) is 24.5 Å². The summed E-state index contributed by atoms with van der Waals surface area (Å²) in [4.78, 5) is 42.0. The van der Waals surface area contributed by atoms with E-state index in [0.717, 1.165) is 4.90 Å². The predicted octanol–water partition coefficient (Wildman–Crippen LogP) is 3.47. The van der Waals surface area contributed by atoms with E-state index in [1.54, 1.807) is 33.2 Å². The molecule has 1 fully saturated rings. The van der Waals surface area contributed by atoms with Crippen LogP contribution in [-0.2, 0) is 11.2 Å². The lowest BCUT2D eigenvalue weighted by atomic mass is 10.1. The molecule has 4 rings (SSSR count). The van der Waals surface area contributed by atoms with Gasteiger partial charge in [0.25, 0.3) is 5.91 Å². The number of anilines is 1. The third-order valence-electron chi connectivity index (χ3n) is 4.92. The van der Waals surface area contributed by atoms with Crippen LogP contribution in [0.5, 0.6) is 0 Å². The number of piperidine rings is 1. The molecule has 160 valence electrons. The monoisotopic (exact) mass is 433 g/mol. The van der Waals surface area contributed by atoms with Crippen LogP contribution in [0, 0.1) is 0 Å². The topological polar surface area (TPSA) is 88.5 Å². The molecule has 2 aliphatic rings. The molecule has 2 aromatic rings. The van der Waals surface area contributed by atoms with E-state index in [2.05, 4.69) is 15.0 Å². The number of carbonyl (C=O) groups excluding carboxylic acids is 2. The van der Waals surface area contributed by atoms with Gasteiger partial charge in [-0.15, -0.1) is 11.3 Å². The number of alkyl halides is 1. The standard InChI is InChI=1S/C20H24FN5O3S/c1-20(2,3)29-19(28)26-9-6-14-15(17(26)27)30-16(24-14)12-10-22-18(23-11-12)25-7-4-13(21)5-8-25/h10-11,13H,4-9H2,1-3H3. The Morgan fingerprint density at radius 1 is 1.20 bits per heavy atom. The van der Waals surface area contributed by atoms with Gasteiger partial charge in [-0.1, -0.05) is 0 Å². The number of thiazole rings is 1. The van der Waals surface area contributed by atoms with Crippen LogP contribution in [0.4, 0.5) is 15.1 Å². The molecule has 0 radical (unpaired) electrons.